The molecule has 1 heterocycles. The molecule has 1 aromatic heterocycles. The van der Waals surface area contributed by atoms with Crippen LogP contribution in [0.4, 0.5) is 5.69 Å². The Balaban J connectivity index is 2.19. The van der Waals surface area contributed by atoms with Gasteiger partial charge in [-0.3, -0.25) is 0 Å². The van der Waals surface area contributed by atoms with Gasteiger partial charge in [0.2, 0.25) is 5.88 Å². The molecule has 0 unspecified atom stereocenters. The van der Waals surface area contributed by atoms with Gasteiger partial charge in [-0.15, -0.1) is 0 Å². The molecule has 0 aliphatic carbocycles. The highest BCUT2D eigenvalue weighted by atomic mass is 16.5. The van der Waals surface area contributed by atoms with Crippen molar-refractivity contribution < 1.29 is 9.84 Å². The van der Waals surface area contributed by atoms with Crippen LogP contribution in [0.5, 0.6) is 11.6 Å². The zero-order valence-electron chi connectivity index (χ0n) is 9.55. The summed E-state index contributed by atoms with van der Waals surface area (Å²) in [4.78, 5) is 4.12. The van der Waals surface area contributed by atoms with Crippen LogP contribution in [-0.2, 0) is 6.61 Å². The predicted octanol–water partition coefficient (Wildman–Crippen LogP) is 2.26. The van der Waals surface area contributed by atoms with Crippen LogP contribution in [-0.4, -0.2) is 10.1 Å². The number of aliphatic hydroxyl groups is 1. The number of ether oxygens (including phenoxy) is 1. The number of aryl methyl sites for hydroxylation is 1. The van der Waals surface area contributed by atoms with Crippen LogP contribution in [0.2, 0.25) is 0 Å². The van der Waals surface area contributed by atoms with E-state index in [1.54, 1.807) is 18.3 Å². The molecule has 0 aliphatic heterocycles. The van der Waals surface area contributed by atoms with E-state index >= 15 is 0 Å². The van der Waals surface area contributed by atoms with Gasteiger partial charge in [-0.2, -0.15) is 0 Å². The second-order valence-electron chi connectivity index (χ2n) is 3.79. The molecule has 0 atom stereocenters. The lowest BCUT2D eigenvalue weighted by atomic mass is 10.2. The van der Waals surface area contributed by atoms with Crippen LogP contribution < -0.4 is 10.5 Å². The molecule has 0 spiro atoms. The highest BCUT2D eigenvalue weighted by Gasteiger charge is 2.03. The molecule has 0 fully saturated rings. The number of nitrogens with zero attached hydrogens (tertiary/aromatic N) is 1. The van der Waals surface area contributed by atoms with Gasteiger partial charge in [0.05, 0.1) is 18.5 Å². The van der Waals surface area contributed by atoms with E-state index in [1.165, 1.54) is 0 Å². The molecule has 0 amide bonds. The molecular formula is C13H14N2O2. The summed E-state index contributed by atoms with van der Waals surface area (Å²) in [6, 6.07) is 9.01. The van der Waals surface area contributed by atoms with E-state index in [1.807, 2.05) is 25.1 Å². The van der Waals surface area contributed by atoms with Crippen molar-refractivity contribution in [1.82, 2.24) is 4.98 Å². The number of pyridine rings is 1. The molecule has 4 nitrogen and oxygen atoms in total. The summed E-state index contributed by atoms with van der Waals surface area (Å²) < 4.78 is 5.62. The minimum atomic E-state index is 0.0272. The number of benzene rings is 1. The van der Waals surface area contributed by atoms with Crippen molar-refractivity contribution in [3.05, 3.63) is 47.7 Å². The summed E-state index contributed by atoms with van der Waals surface area (Å²) in [5, 5.41) is 8.93. The first kappa shape index (κ1) is 11.4. The highest BCUT2D eigenvalue weighted by Crippen LogP contribution is 2.23. The third kappa shape index (κ3) is 2.73. The lowest BCUT2D eigenvalue weighted by Crippen LogP contribution is -1.94. The average Bonchev–Trinajstić information content (AvgIpc) is 2.34. The van der Waals surface area contributed by atoms with Crippen molar-refractivity contribution in [3.8, 4) is 11.6 Å². The lowest BCUT2D eigenvalue weighted by molar-refractivity contribution is 0.281. The summed E-state index contributed by atoms with van der Waals surface area (Å²) in [6.45, 7) is 1.92. The van der Waals surface area contributed by atoms with Crippen molar-refractivity contribution in [2.45, 2.75) is 13.5 Å². The number of aromatic nitrogens is 1. The number of hydrogen-bond acceptors (Lipinski definition) is 4. The normalized spacial score (nSPS) is 10.2. The van der Waals surface area contributed by atoms with E-state index in [0.717, 1.165) is 11.1 Å². The topological polar surface area (TPSA) is 68.4 Å². The van der Waals surface area contributed by atoms with Gasteiger partial charge >= 0.3 is 0 Å². The third-order valence-electron chi connectivity index (χ3n) is 2.37. The van der Waals surface area contributed by atoms with Gasteiger partial charge in [0.25, 0.3) is 0 Å². The molecule has 0 bridgehead atoms. The molecule has 88 valence electrons. The first-order valence-corrected chi connectivity index (χ1v) is 5.29. The van der Waals surface area contributed by atoms with Crippen molar-refractivity contribution >= 4 is 5.69 Å². The Labute approximate surface area is 99.7 Å². The fraction of sp³-hybridized carbons (Fsp3) is 0.154. The number of nitrogen functional groups attached to an aromatic ring is 1. The number of nitrogens with two attached hydrogens (primary N) is 1. The molecule has 4 heteroatoms. The smallest absolute Gasteiger partial charge is 0.222 e. The van der Waals surface area contributed by atoms with Crippen LogP contribution in [0.1, 0.15) is 11.1 Å². The molecule has 3 N–H and O–H groups in total. The Morgan fingerprint density at radius 2 is 2.00 bits per heavy atom. The Morgan fingerprint density at radius 3 is 2.59 bits per heavy atom. The van der Waals surface area contributed by atoms with Gasteiger partial charge in [0.1, 0.15) is 5.75 Å². The summed E-state index contributed by atoms with van der Waals surface area (Å²) in [6.07, 6.45) is 1.56. The van der Waals surface area contributed by atoms with E-state index in [0.29, 0.717) is 17.3 Å². The Morgan fingerprint density at radius 1 is 1.29 bits per heavy atom. The number of rotatable bonds is 3. The molecular weight excluding hydrogens is 216 g/mol. The quantitative estimate of drug-likeness (QED) is 0.848. The van der Waals surface area contributed by atoms with Crippen LogP contribution >= 0.6 is 0 Å². The van der Waals surface area contributed by atoms with Crippen molar-refractivity contribution in [3.63, 3.8) is 0 Å². The van der Waals surface area contributed by atoms with Crippen molar-refractivity contribution in [2.75, 3.05) is 5.73 Å². The van der Waals surface area contributed by atoms with Crippen LogP contribution in [0, 0.1) is 6.92 Å². The monoisotopic (exact) mass is 230 g/mol. The number of aliphatic hydroxyl groups excluding tert-OH is 1. The Hall–Kier alpha value is -2.07. The maximum atomic E-state index is 8.93. The fourth-order valence-corrected chi connectivity index (χ4v) is 1.47. The van der Waals surface area contributed by atoms with E-state index in [9.17, 15) is 0 Å². The van der Waals surface area contributed by atoms with Gasteiger partial charge in [-0.25, -0.2) is 4.98 Å². The second-order valence-corrected chi connectivity index (χ2v) is 3.79. The van der Waals surface area contributed by atoms with Crippen LogP contribution in [0.3, 0.4) is 0 Å². The standard InChI is InChI=1S/C13H14N2O2/c1-9-6-11(14)7-15-13(9)17-12-4-2-10(8-16)3-5-12/h2-7,16H,8,14H2,1H3. The second kappa shape index (κ2) is 4.84. The zero-order valence-corrected chi connectivity index (χ0v) is 9.55. The Kier molecular flexibility index (Phi) is 3.25. The molecule has 0 radical (unpaired) electrons. The molecule has 0 aliphatic rings. The average molecular weight is 230 g/mol. The van der Waals surface area contributed by atoms with Crippen molar-refractivity contribution in [1.29, 1.82) is 0 Å². The summed E-state index contributed by atoms with van der Waals surface area (Å²) in [7, 11) is 0. The van der Waals surface area contributed by atoms with Gasteiger partial charge in [0, 0.05) is 5.56 Å². The SMILES string of the molecule is Cc1cc(N)cnc1Oc1ccc(CO)cc1. The third-order valence-corrected chi connectivity index (χ3v) is 2.37. The van der Waals surface area contributed by atoms with Crippen LogP contribution in [0.15, 0.2) is 36.5 Å². The maximum absolute atomic E-state index is 8.93. The van der Waals surface area contributed by atoms with Gasteiger partial charge in [0.15, 0.2) is 0 Å². The largest absolute Gasteiger partial charge is 0.439 e. The van der Waals surface area contributed by atoms with E-state index < -0.39 is 0 Å². The van der Waals surface area contributed by atoms with Gasteiger partial charge < -0.3 is 15.6 Å². The zero-order chi connectivity index (χ0) is 12.3. The van der Waals surface area contributed by atoms with Gasteiger partial charge in [-0.1, -0.05) is 12.1 Å². The van der Waals surface area contributed by atoms with Crippen molar-refractivity contribution in [2.24, 2.45) is 0 Å². The maximum Gasteiger partial charge on any atom is 0.222 e. The molecule has 0 saturated heterocycles. The first-order valence-electron chi connectivity index (χ1n) is 5.29. The molecule has 2 rings (SSSR count). The minimum Gasteiger partial charge on any atom is -0.439 e. The molecule has 17 heavy (non-hydrogen) atoms. The molecule has 0 saturated carbocycles. The molecule has 2 aromatic rings. The minimum absolute atomic E-state index is 0.0272. The van der Waals surface area contributed by atoms with E-state index in [4.69, 9.17) is 15.6 Å². The highest BCUT2D eigenvalue weighted by molar-refractivity contribution is 5.43. The first-order chi connectivity index (χ1) is 8.19. The Bertz CT molecular complexity index is 509. The summed E-state index contributed by atoms with van der Waals surface area (Å²) in [5.41, 5.74) is 7.96. The van der Waals surface area contributed by atoms with E-state index in [2.05, 4.69) is 4.98 Å². The predicted molar refractivity (Wildman–Crippen MR) is 65.8 cm³/mol. The summed E-state index contributed by atoms with van der Waals surface area (Å²) >= 11 is 0. The summed E-state index contributed by atoms with van der Waals surface area (Å²) in [5.74, 6) is 1.22. The number of hydrogen-bond donors (Lipinski definition) is 2. The lowest BCUT2D eigenvalue weighted by Gasteiger charge is -2.08. The molecule has 1 aromatic carbocycles. The van der Waals surface area contributed by atoms with Crippen LogP contribution in [0.25, 0.3) is 0 Å². The number of anilines is 1. The fourth-order valence-electron chi connectivity index (χ4n) is 1.47. The van der Waals surface area contributed by atoms with Gasteiger partial charge in [-0.05, 0) is 30.7 Å². The van der Waals surface area contributed by atoms with E-state index in [-0.39, 0.29) is 6.61 Å².